The van der Waals surface area contributed by atoms with Gasteiger partial charge in [-0.2, -0.15) is 4.98 Å². The monoisotopic (exact) mass is 317 g/mol. The molecule has 1 N–H and O–H groups in total. The Morgan fingerprint density at radius 2 is 2.00 bits per heavy atom. The molecule has 0 bridgehead atoms. The van der Waals surface area contributed by atoms with Gasteiger partial charge in [0.2, 0.25) is 0 Å². The van der Waals surface area contributed by atoms with Gasteiger partial charge in [0.15, 0.2) is 5.58 Å². The number of likely N-dealkylation sites (tertiary alicyclic amines) is 1. The molecule has 0 amide bonds. The van der Waals surface area contributed by atoms with Crippen molar-refractivity contribution in [1.29, 1.82) is 0 Å². The lowest BCUT2D eigenvalue weighted by Crippen LogP contribution is -2.52. The Hall–Kier alpha value is -1.63. The molecule has 1 atom stereocenters. The van der Waals surface area contributed by atoms with E-state index in [2.05, 4.69) is 9.88 Å². The number of oxazole rings is 1. The zero-order valence-electron chi connectivity index (χ0n) is 13.3. The molecule has 124 valence electrons. The highest BCUT2D eigenvalue weighted by Crippen LogP contribution is 2.25. The van der Waals surface area contributed by atoms with Gasteiger partial charge >= 0.3 is 0 Å². The Labute approximate surface area is 135 Å². The molecule has 0 radical (unpaired) electrons. The second kappa shape index (κ2) is 6.11. The van der Waals surface area contributed by atoms with Crippen molar-refractivity contribution in [2.24, 2.45) is 0 Å². The van der Waals surface area contributed by atoms with E-state index in [4.69, 9.17) is 9.15 Å². The number of hydrogen-bond acceptors (Lipinski definition) is 6. The molecule has 1 aromatic heterocycles. The molecule has 0 aliphatic carbocycles. The lowest BCUT2D eigenvalue weighted by Gasteiger charge is -2.33. The predicted molar refractivity (Wildman–Crippen MR) is 87.7 cm³/mol. The quantitative estimate of drug-likeness (QED) is 0.925. The molecule has 2 fully saturated rings. The Kier molecular flexibility index (Phi) is 3.97. The summed E-state index contributed by atoms with van der Waals surface area (Å²) in [5, 5.41) is 11.0. The maximum atomic E-state index is 11.0. The van der Waals surface area contributed by atoms with Crippen molar-refractivity contribution in [1.82, 2.24) is 9.88 Å². The highest BCUT2D eigenvalue weighted by molar-refractivity contribution is 5.74. The van der Waals surface area contributed by atoms with Gasteiger partial charge in [0.05, 0.1) is 19.8 Å². The van der Waals surface area contributed by atoms with Gasteiger partial charge in [-0.1, -0.05) is 12.1 Å². The predicted octanol–water partition coefficient (Wildman–Crippen LogP) is 1.49. The molecule has 0 saturated carbocycles. The molecular weight excluding hydrogens is 294 g/mol. The van der Waals surface area contributed by atoms with Crippen LogP contribution < -0.4 is 4.90 Å². The van der Waals surface area contributed by atoms with Crippen molar-refractivity contribution >= 4 is 17.1 Å². The van der Waals surface area contributed by atoms with E-state index in [1.165, 1.54) is 12.8 Å². The summed E-state index contributed by atoms with van der Waals surface area (Å²) < 4.78 is 11.5. The van der Waals surface area contributed by atoms with Gasteiger partial charge in [0, 0.05) is 13.1 Å². The Bertz CT molecular complexity index is 635. The van der Waals surface area contributed by atoms with Crippen molar-refractivity contribution in [3.63, 3.8) is 0 Å². The summed E-state index contributed by atoms with van der Waals surface area (Å²) >= 11 is 0. The maximum absolute atomic E-state index is 11.0. The maximum Gasteiger partial charge on any atom is 0.298 e. The summed E-state index contributed by atoms with van der Waals surface area (Å²) in [4.78, 5) is 8.88. The number of ether oxygens (including phenoxy) is 1. The van der Waals surface area contributed by atoms with Crippen molar-refractivity contribution in [2.45, 2.75) is 18.4 Å². The zero-order chi connectivity index (χ0) is 15.7. The van der Waals surface area contributed by atoms with Gasteiger partial charge in [-0.3, -0.25) is 0 Å². The lowest BCUT2D eigenvalue weighted by atomic mass is 10.0. The molecule has 3 heterocycles. The standard InChI is InChI=1S/C17H23N3O3/c21-17(11-19-7-3-4-8-19)12-20(9-10-22-13-17)16-18-14-5-1-2-6-15(14)23-16/h1-2,5-6,21H,3-4,7-13H2/t17-/m1/s1. The van der Waals surface area contributed by atoms with Crippen LogP contribution in [0, 0.1) is 0 Å². The third-order valence-electron chi connectivity index (χ3n) is 4.63. The molecule has 0 unspecified atom stereocenters. The number of rotatable bonds is 3. The van der Waals surface area contributed by atoms with Crippen molar-refractivity contribution in [2.75, 3.05) is 50.8 Å². The molecule has 0 spiro atoms. The van der Waals surface area contributed by atoms with E-state index in [-0.39, 0.29) is 0 Å². The summed E-state index contributed by atoms with van der Waals surface area (Å²) in [7, 11) is 0. The second-order valence-electron chi connectivity index (χ2n) is 6.65. The number of β-amino-alcohol motifs (C(OH)–C–C–N with tert-alkyl or cyclic N) is 1. The topological polar surface area (TPSA) is 62.0 Å². The first kappa shape index (κ1) is 14.9. The minimum Gasteiger partial charge on any atom is -0.423 e. The largest absolute Gasteiger partial charge is 0.423 e. The summed E-state index contributed by atoms with van der Waals surface area (Å²) in [6.45, 7) is 4.85. The van der Waals surface area contributed by atoms with E-state index in [0.29, 0.717) is 38.9 Å². The SMILES string of the molecule is O[C@@]1(CN2CCCC2)COCCN(c2nc3ccccc3o2)C1. The number of benzene rings is 1. The van der Waals surface area contributed by atoms with E-state index in [9.17, 15) is 5.11 Å². The van der Waals surface area contributed by atoms with E-state index < -0.39 is 5.60 Å². The van der Waals surface area contributed by atoms with E-state index in [0.717, 1.165) is 24.2 Å². The van der Waals surface area contributed by atoms with Crippen molar-refractivity contribution in [3.8, 4) is 0 Å². The molecule has 2 aromatic rings. The first-order chi connectivity index (χ1) is 11.2. The van der Waals surface area contributed by atoms with Crippen LogP contribution in [-0.2, 0) is 4.74 Å². The first-order valence-corrected chi connectivity index (χ1v) is 8.35. The van der Waals surface area contributed by atoms with Crippen LogP contribution >= 0.6 is 0 Å². The highest BCUT2D eigenvalue weighted by atomic mass is 16.5. The summed E-state index contributed by atoms with van der Waals surface area (Å²) in [6.07, 6.45) is 2.43. The lowest BCUT2D eigenvalue weighted by molar-refractivity contribution is -0.0440. The molecule has 2 saturated heterocycles. The number of nitrogens with zero attached hydrogens (tertiary/aromatic N) is 3. The van der Waals surface area contributed by atoms with Crippen LogP contribution in [0.4, 0.5) is 6.01 Å². The van der Waals surface area contributed by atoms with Gasteiger partial charge in [0.1, 0.15) is 11.1 Å². The van der Waals surface area contributed by atoms with Gasteiger partial charge in [-0.15, -0.1) is 0 Å². The van der Waals surface area contributed by atoms with Crippen LogP contribution in [0.3, 0.4) is 0 Å². The third-order valence-corrected chi connectivity index (χ3v) is 4.63. The first-order valence-electron chi connectivity index (χ1n) is 8.35. The normalized spacial score (nSPS) is 26.7. The van der Waals surface area contributed by atoms with Crippen LogP contribution in [-0.4, -0.2) is 66.5 Å². The van der Waals surface area contributed by atoms with E-state index in [1.54, 1.807) is 0 Å². The number of fused-ring (bicyclic) bond motifs is 1. The summed E-state index contributed by atoms with van der Waals surface area (Å²) in [6, 6.07) is 8.30. The summed E-state index contributed by atoms with van der Waals surface area (Å²) in [5.41, 5.74) is 0.730. The number of aromatic nitrogens is 1. The Balaban J connectivity index is 1.55. The van der Waals surface area contributed by atoms with Crippen LogP contribution in [0.25, 0.3) is 11.1 Å². The average Bonchev–Trinajstić information content (AvgIpc) is 3.15. The van der Waals surface area contributed by atoms with Gasteiger partial charge < -0.3 is 24.1 Å². The number of hydrogen-bond donors (Lipinski definition) is 1. The molecular formula is C17H23N3O3. The van der Waals surface area contributed by atoms with Crippen LogP contribution in [0.1, 0.15) is 12.8 Å². The fourth-order valence-electron chi connectivity index (χ4n) is 3.53. The Morgan fingerprint density at radius 1 is 1.17 bits per heavy atom. The van der Waals surface area contributed by atoms with Crippen LogP contribution in [0.15, 0.2) is 28.7 Å². The average molecular weight is 317 g/mol. The molecule has 2 aliphatic rings. The van der Waals surface area contributed by atoms with E-state index >= 15 is 0 Å². The van der Waals surface area contributed by atoms with Gasteiger partial charge in [-0.25, -0.2) is 0 Å². The fourth-order valence-corrected chi connectivity index (χ4v) is 3.53. The van der Waals surface area contributed by atoms with E-state index in [1.807, 2.05) is 29.2 Å². The zero-order valence-corrected chi connectivity index (χ0v) is 13.3. The van der Waals surface area contributed by atoms with Crippen molar-refractivity contribution < 1.29 is 14.3 Å². The van der Waals surface area contributed by atoms with Crippen LogP contribution in [0.5, 0.6) is 0 Å². The molecule has 2 aliphatic heterocycles. The van der Waals surface area contributed by atoms with Crippen molar-refractivity contribution in [3.05, 3.63) is 24.3 Å². The summed E-state index contributed by atoms with van der Waals surface area (Å²) in [5.74, 6) is 0. The molecule has 1 aromatic carbocycles. The third kappa shape index (κ3) is 3.20. The molecule has 4 rings (SSSR count). The fraction of sp³-hybridized carbons (Fsp3) is 0.588. The molecule has 23 heavy (non-hydrogen) atoms. The smallest absolute Gasteiger partial charge is 0.298 e. The molecule has 6 heteroatoms. The number of para-hydroxylation sites is 2. The highest BCUT2D eigenvalue weighted by Gasteiger charge is 2.36. The second-order valence-corrected chi connectivity index (χ2v) is 6.65. The van der Waals surface area contributed by atoms with Gasteiger partial charge in [-0.05, 0) is 38.1 Å². The minimum absolute atomic E-state index is 0.361. The van der Waals surface area contributed by atoms with Crippen LogP contribution in [0.2, 0.25) is 0 Å². The Morgan fingerprint density at radius 3 is 2.83 bits per heavy atom. The molecule has 6 nitrogen and oxygen atoms in total. The van der Waals surface area contributed by atoms with Gasteiger partial charge in [0.25, 0.3) is 6.01 Å². The number of anilines is 1. The number of aliphatic hydroxyl groups is 1. The minimum atomic E-state index is -0.887.